The van der Waals surface area contributed by atoms with Crippen LogP contribution in [0.2, 0.25) is 0 Å². The molecular weight excluding hydrogens is 311 g/mol. The van der Waals surface area contributed by atoms with Crippen LogP contribution >= 0.6 is 0 Å². The van der Waals surface area contributed by atoms with Crippen molar-refractivity contribution in [3.8, 4) is 5.69 Å². The summed E-state index contributed by atoms with van der Waals surface area (Å²) in [5.74, 6) is -1.03. The highest BCUT2D eigenvalue weighted by Gasteiger charge is 2.16. The summed E-state index contributed by atoms with van der Waals surface area (Å²) >= 11 is 0. The maximum absolute atomic E-state index is 14.0. The van der Waals surface area contributed by atoms with Gasteiger partial charge >= 0.3 is 0 Å². The van der Waals surface area contributed by atoms with Crippen LogP contribution in [0.4, 0.5) is 4.39 Å². The van der Waals surface area contributed by atoms with Crippen molar-refractivity contribution in [2.24, 2.45) is 0 Å². The fraction of sp³-hybridized carbons (Fsp3) is 0.353. The number of halogens is 1. The molecule has 1 amide bonds. The lowest BCUT2D eigenvalue weighted by atomic mass is 10.2. The third kappa shape index (κ3) is 4.26. The van der Waals surface area contributed by atoms with Crippen molar-refractivity contribution in [1.82, 2.24) is 20.0 Å². The minimum atomic E-state index is -0.552. The smallest absolute Gasteiger partial charge is 0.275 e. The van der Waals surface area contributed by atoms with Crippen LogP contribution in [0.3, 0.4) is 0 Å². The highest BCUT2D eigenvalue weighted by Crippen LogP contribution is 2.12. The molecule has 2 rings (SSSR count). The summed E-state index contributed by atoms with van der Waals surface area (Å²) in [6, 6.07) is 7.36. The first-order valence-electron chi connectivity index (χ1n) is 7.69. The van der Waals surface area contributed by atoms with E-state index in [9.17, 15) is 14.0 Å². The monoisotopic (exact) mass is 332 g/mol. The summed E-state index contributed by atoms with van der Waals surface area (Å²) < 4.78 is 15.2. The van der Waals surface area contributed by atoms with Gasteiger partial charge in [-0.25, -0.2) is 9.07 Å². The molecule has 0 unspecified atom stereocenters. The summed E-state index contributed by atoms with van der Waals surface area (Å²) in [4.78, 5) is 26.2. The second kappa shape index (κ2) is 7.83. The van der Waals surface area contributed by atoms with E-state index in [1.165, 1.54) is 16.8 Å². The van der Waals surface area contributed by atoms with Gasteiger partial charge in [0.2, 0.25) is 5.43 Å². The highest BCUT2D eigenvalue weighted by atomic mass is 19.1. The Morgan fingerprint density at radius 3 is 2.71 bits per heavy atom. The average molecular weight is 332 g/mol. The minimum absolute atomic E-state index is 0.191. The van der Waals surface area contributed by atoms with Gasteiger partial charge in [0.05, 0.1) is 0 Å². The predicted octanol–water partition coefficient (Wildman–Crippen LogP) is 1.36. The maximum Gasteiger partial charge on any atom is 0.275 e. The number of rotatable bonds is 6. The molecule has 1 N–H and O–H groups in total. The highest BCUT2D eigenvalue weighted by molar-refractivity contribution is 5.92. The Labute approximate surface area is 139 Å². The molecule has 0 spiro atoms. The van der Waals surface area contributed by atoms with Gasteiger partial charge in [-0.1, -0.05) is 12.1 Å². The maximum atomic E-state index is 14.0. The van der Waals surface area contributed by atoms with Crippen molar-refractivity contribution in [2.45, 2.75) is 13.3 Å². The minimum Gasteiger partial charge on any atom is -0.350 e. The lowest BCUT2D eigenvalue weighted by Crippen LogP contribution is -2.33. The number of aryl methyl sites for hydroxylation is 1. The largest absolute Gasteiger partial charge is 0.350 e. The number of hydrogen-bond donors (Lipinski definition) is 1. The molecule has 128 valence electrons. The van der Waals surface area contributed by atoms with Gasteiger partial charge < -0.3 is 10.2 Å². The summed E-state index contributed by atoms with van der Waals surface area (Å²) in [5, 5.41) is 6.73. The van der Waals surface area contributed by atoms with E-state index in [-0.39, 0.29) is 11.4 Å². The van der Waals surface area contributed by atoms with Crippen molar-refractivity contribution < 1.29 is 9.18 Å². The van der Waals surface area contributed by atoms with Gasteiger partial charge in [0, 0.05) is 18.3 Å². The number of aromatic nitrogens is 2. The van der Waals surface area contributed by atoms with E-state index in [4.69, 9.17) is 0 Å². The molecule has 0 saturated heterocycles. The third-order valence-electron chi connectivity index (χ3n) is 3.47. The normalized spacial score (nSPS) is 10.9. The lowest BCUT2D eigenvalue weighted by molar-refractivity contribution is 0.0944. The van der Waals surface area contributed by atoms with Gasteiger partial charge in [0.1, 0.15) is 11.5 Å². The zero-order valence-corrected chi connectivity index (χ0v) is 14.0. The molecule has 24 heavy (non-hydrogen) atoms. The van der Waals surface area contributed by atoms with E-state index in [2.05, 4.69) is 10.4 Å². The molecule has 2 aromatic rings. The molecule has 6 nitrogen and oxygen atoms in total. The van der Waals surface area contributed by atoms with Gasteiger partial charge in [0.15, 0.2) is 5.69 Å². The van der Waals surface area contributed by atoms with E-state index >= 15 is 0 Å². The molecule has 1 aromatic carbocycles. The van der Waals surface area contributed by atoms with E-state index in [0.29, 0.717) is 12.2 Å². The third-order valence-corrected chi connectivity index (χ3v) is 3.47. The second-order valence-electron chi connectivity index (χ2n) is 5.77. The van der Waals surface area contributed by atoms with E-state index in [1.807, 2.05) is 19.0 Å². The van der Waals surface area contributed by atoms with Gasteiger partial charge in [-0.05, 0) is 46.1 Å². The molecule has 0 aliphatic heterocycles. The molecular formula is C17H21FN4O2. The van der Waals surface area contributed by atoms with Crippen LogP contribution in [-0.2, 0) is 0 Å². The van der Waals surface area contributed by atoms with Crippen molar-refractivity contribution in [1.29, 1.82) is 0 Å². The first kappa shape index (κ1) is 17.8. The molecule has 0 radical (unpaired) electrons. The van der Waals surface area contributed by atoms with Gasteiger partial charge in [-0.15, -0.1) is 0 Å². The number of amides is 1. The summed E-state index contributed by atoms with van der Waals surface area (Å²) in [6.07, 6.45) is 0.756. The fourth-order valence-electron chi connectivity index (χ4n) is 2.25. The molecule has 1 aromatic heterocycles. The first-order chi connectivity index (χ1) is 11.4. The zero-order chi connectivity index (χ0) is 17.7. The Hall–Kier alpha value is -2.54. The number of nitrogens with zero attached hydrogens (tertiary/aromatic N) is 3. The number of carbonyl (C=O) groups is 1. The van der Waals surface area contributed by atoms with Crippen LogP contribution in [0.5, 0.6) is 0 Å². The fourth-order valence-corrected chi connectivity index (χ4v) is 2.25. The van der Waals surface area contributed by atoms with Crippen molar-refractivity contribution in [2.75, 3.05) is 27.2 Å². The Kier molecular flexibility index (Phi) is 5.81. The summed E-state index contributed by atoms with van der Waals surface area (Å²) in [7, 11) is 3.88. The molecule has 0 fully saturated rings. The number of para-hydroxylation sites is 1. The number of hydrogen-bond acceptors (Lipinski definition) is 4. The molecule has 1 heterocycles. The van der Waals surface area contributed by atoms with Gasteiger partial charge in [0.25, 0.3) is 5.91 Å². The molecule has 0 saturated carbocycles. The van der Waals surface area contributed by atoms with E-state index < -0.39 is 17.2 Å². The number of benzene rings is 1. The van der Waals surface area contributed by atoms with Gasteiger partial charge in [-0.3, -0.25) is 9.59 Å². The Balaban J connectivity index is 2.25. The predicted molar refractivity (Wildman–Crippen MR) is 90.0 cm³/mol. The van der Waals surface area contributed by atoms with Crippen LogP contribution < -0.4 is 10.7 Å². The number of nitrogens with one attached hydrogen (secondary N) is 1. The topological polar surface area (TPSA) is 67.2 Å². The van der Waals surface area contributed by atoms with Crippen molar-refractivity contribution >= 4 is 5.91 Å². The molecule has 0 bridgehead atoms. The Morgan fingerprint density at radius 1 is 1.33 bits per heavy atom. The lowest BCUT2D eigenvalue weighted by Gasteiger charge is -2.12. The first-order valence-corrected chi connectivity index (χ1v) is 7.69. The molecule has 0 aliphatic carbocycles. The Bertz CT molecular complexity index is 786. The van der Waals surface area contributed by atoms with Crippen LogP contribution in [0.25, 0.3) is 5.69 Å². The van der Waals surface area contributed by atoms with Crippen molar-refractivity contribution in [3.63, 3.8) is 0 Å². The number of carbonyl (C=O) groups excluding carboxylic acids is 1. The molecule has 0 atom stereocenters. The summed E-state index contributed by atoms with van der Waals surface area (Å²) in [6.45, 7) is 2.90. The van der Waals surface area contributed by atoms with Crippen LogP contribution in [0, 0.1) is 12.7 Å². The van der Waals surface area contributed by atoms with Crippen LogP contribution in [-0.4, -0.2) is 47.8 Å². The second-order valence-corrected chi connectivity index (χ2v) is 5.77. The van der Waals surface area contributed by atoms with Gasteiger partial charge in [-0.2, -0.15) is 5.10 Å². The zero-order valence-electron chi connectivity index (χ0n) is 14.0. The molecule has 0 aliphatic rings. The standard InChI is InChI=1S/C17H21FN4O2/c1-12-11-15(23)16(17(24)19-9-6-10-21(2)3)20-22(12)14-8-5-4-7-13(14)18/h4-5,7-8,11H,6,9-10H2,1-3H3,(H,19,24). The van der Waals surface area contributed by atoms with Crippen LogP contribution in [0.15, 0.2) is 35.1 Å². The van der Waals surface area contributed by atoms with E-state index in [1.54, 1.807) is 25.1 Å². The quantitative estimate of drug-likeness (QED) is 0.811. The summed E-state index contributed by atoms with van der Waals surface area (Å²) in [5.41, 5.74) is -0.0789. The average Bonchev–Trinajstić information content (AvgIpc) is 2.52. The Morgan fingerprint density at radius 2 is 2.04 bits per heavy atom. The van der Waals surface area contributed by atoms with Crippen molar-refractivity contribution in [3.05, 3.63) is 57.8 Å². The SMILES string of the molecule is Cc1cc(=O)c(C(=O)NCCCN(C)C)nn1-c1ccccc1F. The van der Waals surface area contributed by atoms with E-state index in [0.717, 1.165) is 13.0 Å². The van der Waals surface area contributed by atoms with Crippen LogP contribution in [0.1, 0.15) is 22.6 Å². The molecule has 7 heteroatoms.